The lowest BCUT2D eigenvalue weighted by atomic mass is 9.97. The maximum atomic E-state index is 9.85. The molecule has 0 amide bonds. The average molecular weight is 277 g/mol. The van der Waals surface area contributed by atoms with Crippen LogP contribution in [0, 0.1) is 0 Å². The molecule has 1 saturated heterocycles. The first kappa shape index (κ1) is 10.3. The molecule has 1 atom stereocenters. The zero-order valence-electron chi connectivity index (χ0n) is 7.56. The normalized spacial score (nSPS) is 21.4. The van der Waals surface area contributed by atoms with Gasteiger partial charge in [-0.3, -0.25) is 0 Å². The largest absolute Gasteiger partial charge is 0.506 e. The molecule has 1 aromatic rings. The van der Waals surface area contributed by atoms with Crippen LogP contribution in [0.15, 0.2) is 16.6 Å². The lowest BCUT2D eigenvalue weighted by molar-refractivity contribution is 0.462. The SMILES string of the molecule is Oc1c(C2CCNC2)ccc(Br)c1Cl. The van der Waals surface area contributed by atoms with Crippen molar-refractivity contribution in [2.45, 2.75) is 12.3 Å². The first-order valence-electron chi connectivity index (χ1n) is 4.57. The van der Waals surface area contributed by atoms with Crippen LogP contribution in [-0.4, -0.2) is 18.2 Å². The van der Waals surface area contributed by atoms with E-state index >= 15 is 0 Å². The third-order valence-corrected chi connectivity index (χ3v) is 3.87. The predicted octanol–water partition coefficient (Wildman–Crippen LogP) is 2.89. The first-order valence-corrected chi connectivity index (χ1v) is 5.75. The van der Waals surface area contributed by atoms with Gasteiger partial charge in [-0.25, -0.2) is 0 Å². The van der Waals surface area contributed by atoms with Gasteiger partial charge in [0.25, 0.3) is 0 Å². The highest BCUT2D eigenvalue weighted by molar-refractivity contribution is 9.10. The molecule has 0 spiro atoms. The van der Waals surface area contributed by atoms with Crippen LogP contribution in [-0.2, 0) is 0 Å². The van der Waals surface area contributed by atoms with E-state index < -0.39 is 0 Å². The number of hydrogen-bond acceptors (Lipinski definition) is 2. The van der Waals surface area contributed by atoms with E-state index in [1.165, 1.54) is 0 Å². The van der Waals surface area contributed by atoms with E-state index in [9.17, 15) is 5.11 Å². The van der Waals surface area contributed by atoms with Crippen molar-refractivity contribution in [1.29, 1.82) is 0 Å². The quantitative estimate of drug-likeness (QED) is 0.827. The van der Waals surface area contributed by atoms with E-state index in [0.717, 1.165) is 29.5 Å². The molecule has 0 aromatic heterocycles. The second-order valence-corrected chi connectivity index (χ2v) is 4.72. The Morgan fingerprint density at radius 1 is 1.50 bits per heavy atom. The molecule has 0 aliphatic carbocycles. The Balaban J connectivity index is 2.38. The zero-order valence-corrected chi connectivity index (χ0v) is 9.90. The number of hydrogen-bond donors (Lipinski definition) is 2. The highest BCUT2D eigenvalue weighted by atomic mass is 79.9. The Labute approximate surface area is 96.4 Å². The van der Waals surface area contributed by atoms with Gasteiger partial charge < -0.3 is 10.4 Å². The lowest BCUT2D eigenvalue weighted by Gasteiger charge is -2.12. The summed E-state index contributed by atoms with van der Waals surface area (Å²) < 4.78 is 0.742. The smallest absolute Gasteiger partial charge is 0.138 e. The van der Waals surface area contributed by atoms with Gasteiger partial charge in [0.1, 0.15) is 5.75 Å². The summed E-state index contributed by atoms with van der Waals surface area (Å²) in [6, 6.07) is 3.82. The molecule has 1 aromatic carbocycles. The summed E-state index contributed by atoms with van der Waals surface area (Å²) in [5.41, 5.74) is 0.947. The summed E-state index contributed by atoms with van der Waals surface area (Å²) >= 11 is 9.23. The minimum absolute atomic E-state index is 0.217. The van der Waals surface area contributed by atoms with Crippen LogP contribution in [0.2, 0.25) is 5.02 Å². The second kappa shape index (κ2) is 4.09. The molecule has 1 aliphatic rings. The fraction of sp³-hybridized carbons (Fsp3) is 0.400. The van der Waals surface area contributed by atoms with Crippen LogP contribution in [0.1, 0.15) is 17.9 Å². The van der Waals surface area contributed by atoms with Crippen LogP contribution < -0.4 is 5.32 Å². The summed E-state index contributed by atoms with van der Waals surface area (Å²) in [6.45, 7) is 1.93. The third kappa shape index (κ3) is 1.76. The minimum Gasteiger partial charge on any atom is -0.506 e. The van der Waals surface area contributed by atoms with Gasteiger partial charge in [-0.1, -0.05) is 17.7 Å². The number of benzene rings is 1. The summed E-state index contributed by atoms with van der Waals surface area (Å²) in [6.07, 6.45) is 1.06. The third-order valence-electron chi connectivity index (χ3n) is 2.60. The standard InChI is InChI=1S/C10H11BrClNO/c11-8-2-1-7(10(14)9(8)12)6-3-4-13-5-6/h1-2,6,13-14H,3-5H2. The predicted molar refractivity (Wildman–Crippen MR) is 61.0 cm³/mol. The van der Waals surface area contributed by atoms with Crippen molar-refractivity contribution in [2.75, 3.05) is 13.1 Å². The van der Waals surface area contributed by atoms with Crippen LogP contribution in [0.5, 0.6) is 5.75 Å². The van der Waals surface area contributed by atoms with Crippen LogP contribution in [0.4, 0.5) is 0 Å². The highest BCUT2D eigenvalue weighted by Crippen LogP contribution is 2.39. The Morgan fingerprint density at radius 3 is 2.93 bits per heavy atom. The minimum atomic E-state index is 0.217. The van der Waals surface area contributed by atoms with Crippen LogP contribution in [0.25, 0.3) is 0 Å². The molecule has 2 rings (SSSR count). The first-order chi connectivity index (χ1) is 6.70. The van der Waals surface area contributed by atoms with E-state index in [1.54, 1.807) is 0 Å². The molecule has 0 bridgehead atoms. The molecule has 0 saturated carbocycles. The number of rotatable bonds is 1. The van der Waals surface area contributed by atoms with Gasteiger partial charge in [0.2, 0.25) is 0 Å². The summed E-state index contributed by atoms with van der Waals surface area (Å²) in [5, 5.41) is 13.5. The molecule has 76 valence electrons. The monoisotopic (exact) mass is 275 g/mol. The van der Waals surface area contributed by atoms with Crippen molar-refractivity contribution in [2.24, 2.45) is 0 Å². The van der Waals surface area contributed by atoms with Gasteiger partial charge in [-0.05, 0) is 40.5 Å². The summed E-state index contributed by atoms with van der Waals surface area (Å²) in [7, 11) is 0. The second-order valence-electron chi connectivity index (χ2n) is 3.49. The van der Waals surface area contributed by atoms with Crippen molar-refractivity contribution in [3.63, 3.8) is 0 Å². The Kier molecular flexibility index (Phi) is 3.00. The molecular weight excluding hydrogens is 265 g/mol. The number of halogens is 2. The maximum absolute atomic E-state index is 9.85. The molecule has 0 radical (unpaired) electrons. The van der Waals surface area contributed by atoms with Gasteiger partial charge in [0.05, 0.1) is 5.02 Å². The molecular formula is C10H11BrClNO. The van der Waals surface area contributed by atoms with Gasteiger partial charge in [0, 0.05) is 16.9 Å². The molecule has 1 fully saturated rings. The number of phenols is 1. The van der Waals surface area contributed by atoms with Crippen molar-refractivity contribution < 1.29 is 5.11 Å². The zero-order chi connectivity index (χ0) is 10.1. The highest BCUT2D eigenvalue weighted by Gasteiger charge is 2.21. The molecule has 4 heteroatoms. The van der Waals surface area contributed by atoms with Crippen molar-refractivity contribution in [3.05, 3.63) is 27.2 Å². The summed E-state index contributed by atoms with van der Waals surface area (Å²) in [5.74, 6) is 0.607. The van der Waals surface area contributed by atoms with Gasteiger partial charge in [-0.15, -0.1) is 0 Å². The van der Waals surface area contributed by atoms with Crippen molar-refractivity contribution >= 4 is 27.5 Å². The fourth-order valence-corrected chi connectivity index (χ4v) is 2.30. The number of phenolic OH excluding ortho intramolecular Hbond substituents is 1. The van der Waals surface area contributed by atoms with Gasteiger partial charge in [-0.2, -0.15) is 0 Å². The lowest BCUT2D eigenvalue weighted by Crippen LogP contribution is -2.08. The fourth-order valence-electron chi connectivity index (χ4n) is 1.80. The van der Waals surface area contributed by atoms with Crippen LogP contribution in [0.3, 0.4) is 0 Å². The van der Waals surface area contributed by atoms with E-state index in [4.69, 9.17) is 11.6 Å². The number of nitrogens with one attached hydrogen (secondary N) is 1. The molecule has 1 aliphatic heterocycles. The topological polar surface area (TPSA) is 32.3 Å². The van der Waals surface area contributed by atoms with E-state index in [1.807, 2.05) is 12.1 Å². The van der Waals surface area contributed by atoms with Gasteiger partial charge in [0.15, 0.2) is 0 Å². The van der Waals surface area contributed by atoms with E-state index in [2.05, 4.69) is 21.2 Å². The molecule has 2 nitrogen and oxygen atoms in total. The van der Waals surface area contributed by atoms with Crippen LogP contribution >= 0.6 is 27.5 Å². The summed E-state index contributed by atoms with van der Waals surface area (Å²) in [4.78, 5) is 0. The molecule has 1 heterocycles. The van der Waals surface area contributed by atoms with Crippen molar-refractivity contribution in [1.82, 2.24) is 5.32 Å². The Hall–Kier alpha value is -0.250. The maximum Gasteiger partial charge on any atom is 0.138 e. The Bertz CT molecular complexity index is 350. The Morgan fingerprint density at radius 2 is 2.29 bits per heavy atom. The molecule has 2 N–H and O–H groups in total. The van der Waals surface area contributed by atoms with E-state index in [0.29, 0.717) is 10.9 Å². The molecule has 14 heavy (non-hydrogen) atoms. The van der Waals surface area contributed by atoms with E-state index in [-0.39, 0.29) is 5.75 Å². The molecule has 1 unspecified atom stereocenters. The van der Waals surface area contributed by atoms with Crippen molar-refractivity contribution in [3.8, 4) is 5.75 Å². The number of aromatic hydroxyl groups is 1. The average Bonchev–Trinajstić information content (AvgIpc) is 2.67. The van der Waals surface area contributed by atoms with Gasteiger partial charge >= 0.3 is 0 Å².